The summed E-state index contributed by atoms with van der Waals surface area (Å²) in [6.45, 7) is 10.5. The fourth-order valence-electron chi connectivity index (χ4n) is 1.53. The van der Waals surface area contributed by atoms with Gasteiger partial charge in [-0.1, -0.05) is 19.8 Å². The zero-order valence-corrected chi connectivity index (χ0v) is 13.5. The molecule has 1 unspecified atom stereocenters. The molecule has 16 heavy (non-hydrogen) atoms. The third-order valence-corrected chi connectivity index (χ3v) is 5.72. The van der Waals surface area contributed by atoms with Crippen molar-refractivity contribution in [3.63, 3.8) is 0 Å². The van der Waals surface area contributed by atoms with Crippen LogP contribution in [0.15, 0.2) is 0 Å². The van der Waals surface area contributed by atoms with Crippen LogP contribution in [0.1, 0.15) is 53.9 Å². The summed E-state index contributed by atoms with van der Waals surface area (Å²) in [5.41, 5.74) is 0. The Kier molecular flexibility index (Phi) is 9.80. The molecular formula is C12H28O2SSi. The Morgan fingerprint density at radius 1 is 1.06 bits per heavy atom. The predicted molar refractivity (Wildman–Crippen MR) is 76.7 cm³/mol. The number of unbranched alkanes of at least 4 members (excludes halogenated alkanes) is 1. The van der Waals surface area contributed by atoms with Gasteiger partial charge in [-0.05, 0) is 40.2 Å². The summed E-state index contributed by atoms with van der Waals surface area (Å²) in [7, 11) is -1.53. The summed E-state index contributed by atoms with van der Waals surface area (Å²) in [6.07, 6.45) is 4.19. The number of hydrogen-bond acceptors (Lipinski definition) is 3. The van der Waals surface area contributed by atoms with Crippen LogP contribution >= 0.6 is 12.6 Å². The van der Waals surface area contributed by atoms with E-state index in [2.05, 4.69) is 47.2 Å². The highest BCUT2D eigenvalue weighted by atomic mass is 32.1. The molecule has 1 atom stereocenters. The molecular weight excluding hydrogens is 236 g/mol. The molecule has 0 bridgehead atoms. The van der Waals surface area contributed by atoms with Gasteiger partial charge in [-0.25, -0.2) is 0 Å². The molecule has 0 aromatic rings. The van der Waals surface area contributed by atoms with Gasteiger partial charge < -0.3 is 8.85 Å². The van der Waals surface area contributed by atoms with Gasteiger partial charge in [-0.2, -0.15) is 12.6 Å². The third-order valence-electron chi connectivity index (χ3n) is 2.20. The van der Waals surface area contributed by atoms with E-state index >= 15 is 0 Å². The molecule has 0 aliphatic rings. The van der Waals surface area contributed by atoms with E-state index in [0.717, 1.165) is 6.04 Å². The lowest BCUT2D eigenvalue weighted by Crippen LogP contribution is -2.31. The van der Waals surface area contributed by atoms with Crippen LogP contribution in [0.4, 0.5) is 0 Å². The minimum Gasteiger partial charge on any atom is -0.394 e. The Morgan fingerprint density at radius 2 is 1.56 bits per heavy atom. The van der Waals surface area contributed by atoms with Gasteiger partial charge >= 0.3 is 9.28 Å². The summed E-state index contributed by atoms with van der Waals surface area (Å²) >= 11 is 4.62. The summed E-state index contributed by atoms with van der Waals surface area (Å²) in [4.78, 5) is 0. The number of rotatable bonds is 9. The van der Waals surface area contributed by atoms with Gasteiger partial charge in [0, 0.05) is 17.5 Å². The largest absolute Gasteiger partial charge is 0.394 e. The highest BCUT2D eigenvalue weighted by molar-refractivity contribution is 7.81. The van der Waals surface area contributed by atoms with E-state index < -0.39 is 9.28 Å². The fraction of sp³-hybridized carbons (Fsp3) is 1.00. The van der Waals surface area contributed by atoms with Crippen molar-refractivity contribution in [2.75, 3.05) is 0 Å². The molecule has 0 aromatic carbocycles. The molecule has 98 valence electrons. The molecule has 2 nitrogen and oxygen atoms in total. The van der Waals surface area contributed by atoms with Crippen molar-refractivity contribution in [3.05, 3.63) is 0 Å². The van der Waals surface area contributed by atoms with E-state index in [0.29, 0.717) is 5.25 Å². The van der Waals surface area contributed by atoms with Gasteiger partial charge in [0.15, 0.2) is 0 Å². The standard InChI is InChI=1S/C12H28O2SSi/c1-6-7-8-12(15)9-16(13-10(2)3)14-11(4)5/h10-12,15-16H,6-9H2,1-5H3. The molecule has 0 aliphatic heterocycles. The fourth-order valence-corrected chi connectivity index (χ4v) is 4.41. The van der Waals surface area contributed by atoms with Crippen LogP contribution in [0.25, 0.3) is 0 Å². The van der Waals surface area contributed by atoms with Crippen molar-refractivity contribution in [1.82, 2.24) is 0 Å². The van der Waals surface area contributed by atoms with Gasteiger partial charge in [0.2, 0.25) is 0 Å². The molecule has 0 saturated carbocycles. The van der Waals surface area contributed by atoms with Gasteiger partial charge in [-0.3, -0.25) is 0 Å². The lowest BCUT2D eigenvalue weighted by atomic mass is 10.2. The van der Waals surface area contributed by atoms with Crippen LogP contribution < -0.4 is 0 Å². The molecule has 0 rings (SSSR count). The number of hydrogen-bond donors (Lipinski definition) is 1. The van der Waals surface area contributed by atoms with E-state index in [1.54, 1.807) is 0 Å². The van der Waals surface area contributed by atoms with Crippen molar-refractivity contribution in [1.29, 1.82) is 0 Å². The topological polar surface area (TPSA) is 18.5 Å². The van der Waals surface area contributed by atoms with E-state index in [9.17, 15) is 0 Å². The lowest BCUT2D eigenvalue weighted by molar-refractivity contribution is 0.129. The second kappa shape index (κ2) is 9.51. The van der Waals surface area contributed by atoms with E-state index in [1.165, 1.54) is 19.3 Å². The summed E-state index contributed by atoms with van der Waals surface area (Å²) in [5.74, 6) is 0. The van der Waals surface area contributed by atoms with Crippen LogP contribution in [0, 0.1) is 0 Å². The van der Waals surface area contributed by atoms with Crippen LogP contribution in [-0.2, 0) is 8.85 Å². The number of thiol groups is 1. The third kappa shape index (κ3) is 9.69. The molecule has 0 amide bonds. The zero-order valence-electron chi connectivity index (χ0n) is 11.4. The zero-order chi connectivity index (χ0) is 12.6. The molecule has 0 aliphatic carbocycles. The van der Waals surface area contributed by atoms with Crippen LogP contribution in [0.5, 0.6) is 0 Å². The highest BCUT2D eigenvalue weighted by Gasteiger charge is 2.20. The van der Waals surface area contributed by atoms with Crippen molar-refractivity contribution < 1.29 is 8.85 Å². The average molecular weight is 265 g/mol. The van der Waals surface area contributed by atoms with Crippen LogP contribution in [-0.4, -0.2) is 26.7 Å². The highest BCUT2D eigenvalue weighted by Crippen LogP contribution is 2.16. The second-order valence-corrected chi connectivity index (χ2v) is 7.44. The quantitative estimate of drug-likeness (QED) is 0.507. The molecule has 0 aromatic heterocycles. The normalized spacial score (nSPS) is 14.1. The van der Waals surface area contributed by atoms with E-state index in [4.69, 9.17) is 8.85 Å². The van der Waals surface area contributed by atoms with Crippen molar-refractivity contribution in [3.8, 4) is 0 Å². The molecule has 0 heterocycles. The van der Waals surface area contributed by atoms with Gasteiger partial charge in [0.05, 0.1) is 0 Å². The average Bonchev–Trinajstić information content (AvgIpc) is 2.12. The van der Waals surface area contributed by atoms with Gasteiger partial charge in [0.1, 0.15) is 0 Å². The smallest absolute Gasteiger partial charge is 0.322 e. The van der Waals surface area contributed by atoms with Crippen LogP contribution in [0.3, 0.4) is 0 Å². The minimum absolute atomic E-state index is 0.266. The van der Waals surface area contributed by atoms with Crippen molar-refractivity contribution in [2.45, 2.75) is 77.4 Å². The Balaban J connectivity index is 3.98. The van der Waals surface area contributed by atoms with E-state index in [1.807, 2.05) is 0 Å². The van der Waals surface area contributed by atoms with Crippen molar-refractivity contribution >= 4 is 21.9 Å². The summed E-state index contributed by atoms with van der Waals surface area (Å²) in [5, 5.41) is 0.439. The maximum absolute atomic E-state index is 5.88. The summed E-state index contributed by atoms with van der Waals surface area (Å²) < 4.78 is 11.8. The summed E-state index contributed by atoms with van der Waals surface area (Å²) in [6, 6.07) is 1.01. The second-order valence-electron chi connectivity index (χ2n) is 4.83. The molecule has 0 spiro atoms. The van der Waals surface area contributed by atoms with Crippen LogP contribution in [0.2, 0.25) is 6.04 Å². The first-order valence-electron chi connectivity index (χ1n) is 6.44. The first-order valence-corrected chi connectivity index (χ1v) is 8.72. The van der Waals surface area contributed by atoms with E-state index in [-0.39, 0.29) is 12.2 Å². The van der Waals surface area contributed by atoms with Gasteiger partial charge in [0.25, 0.3) is 0 Å². The monoisotopic (exact) mass is 264 g/mol. The molecule has 0 radical (unpaired) electrons. The first kappa shape index (κ1) is 16.5. The molecule has 0 fully saturated rings. The van der Waals surface area contributed by atoms with Gasteiger partial charge in [-0.15, -0.1) is 0 Å². The molecule has 4 heteroatoms. The minimum atomic E-state index is -1.53. The first-order chi connectivity index (χ1) is 7.45. The SMILES string of the molecule is CCCCC(S)C[SiH](OC(C)C)OC(C)C. The molecule has 0 N–H and O–H groups in total. The predicted octanol–water partition coefficient (Wildman–Crippen LogP) is 3.55. The Bertz CT molecular complexity index is 155. The Labute approximate surface area is 108 Å². The molecule has 0 saturated heterocycles. The van der Waals surface area contributed by atoms with Crippen molar-refractivity contribution in [2.24, 2.45) is 0 Å². The Morgan fingerprint density at radius 3 is 1.94 bits per heavy atom. The lowest BCUT2D eigenvalue weighted by Gasteiger charge is -2.23. The maximum Gasteiger partial charge on any atom is 0.322 e. The maximum atomic E-state index is 5.88. The Hall–Kier alpha value is 0.487.